The number of nitro benzene ring substituents is 2. The summed E-state index contributed by atoms with van der Waals surface area (Å²) in [5.74, 6) is -0.968. The van der Waals surface area contributed by atoms with Gasteiger partial charge in [-0.15, -0.1) is 0 Å². The van der Waals surface area contributed by atoms with Gasteiger partial charge in [-0.3, -0.25) is 29.6 Å². The van der Waals surface area contributed by atoms with Gasteiger partial charge in [0.25, 0.3) is 11.3 Å². The van der Waals surface area contributed by atoms with Gasteiger partial charge in [0.1, 0.15) is 17.5 Å². The summed E-state index contributed by atoms with van der Waals surface area (Å²) < 4.78 is 17.7. The second kappa shape index (κ2) is 12.2. The molecule has 3 aromatic rings. The lowest BCUT2D eigenvalue weighted by molar-refractivity contribution is -0.396. The van der Waals surface area contributed by atoms with Gasteiger partial charge in [-0.25, -0.2) is 9.79 Å². The van der Waals surface area contributed by atoms with E-state index in [9.17, 15) is 34.9 Å². The van der Waals surface area contributed by atoms with E-state index in [0.29, 0.717) is 35.6 Å². The van der Waals surface area contributed by atoms with E-state index in [1.54, 1.807) is 25.1 Å². The van der Waals surface area contributed by atoms with Gasteiger partial charge in [-0.1, -0.05) is 24.7 Å². The molecule has 220 valence electrons. The van der Waals surface area contributed by atoms with Crippen LogP contribution < -0.4 is 24.4 Å². The smallest absolute Gasteiger partial charge is 0.338 e. The number of carbonyl (C=O) groups is 1. The van der Waals surface area contributed by atoms with E-state index in [1.165, 1.54) is 24.9 Å². The van der Waals surface area contributed by atoms with Crippen LogP contribution in [0.3, 0.4) is 0 Å². The third-order valence-corrected chi connectivity index (χ3v) is 7.39. The Hall–Kier alpha value is -5.05. The summed E-state index contributed by atoms with van der Waals surface area (Å²) in [5, 5.41) is 32.9. The number of aromatic hydroxyl groups is 1. The van der Waals surface area contributed by atoms with Gasteiger partial charge in [-0.05, 0) is 43.2 Å². The topological polar surface area (TPSA) is 186 Å². The molecule has 0 unspecified atom stereocenters. The largest absolute Gasteiger partial charge is 0.497 e. The Bertz CT molecular complexity index is 1770. The van der Waals surface area contributed by atoms with Crippen molar-refractivity contribution in [1.29, 1.82) is 0 Å². The minimum absolute atomic E-state index is 0.0239. The molecule has 1 aliphatic rings. The predicted octanol–water partition coefficient (Wildman–Crippen LogP) is 3.12. The number of allylic oxidation sites excluding steroid dienone is 1. The van der Waals surface area contributed by atoms with Crippen LogP contribution in [-0.2, 0) is 9.53 Å². The molecule has 0 amide bonds. The number of aromatic nitrogens is 1. The highest BCUT2D eigenvalue weighted by atomic mass is 32.1. The van der Waals surface area contributed by atoms with E-state index in [1.807, 2.05) is 6.92 Å². The summed E-state index contributed by atoms with van der Waals surface area (Å²) >= 11 is 0.936. The number of benzene rings is 2. The summed E-state index contributed by atoms with van der Waals surface area (Å²) in [6, 6.07) is 5.75. The number of rotatable bonds is 10. The van der Waals surface area contributed by atoms with Gasteiger partial charge in [0.2, 0.25) is 0 Å². The van der Waals surface area contributed by atoms with Crippen LogP contribution in [0.4, 0.5) is 11.4 Å². The fourth-order valence-corrected chi connectivity index (χ4v) is 5.63. The van der Waals surface area contributed by atoms with Gasteiger partial charge in [-0.2, -0.15) is 0 Å². The Labute approximate surface area is 241 Å². The van der Waals surface area contributed by atoms with E-state index in [-0.39, 0.29) is 27.1 Å². The molecular weight excluding hydrogens is 572 g/mol. The Kier molecular flexibility index (Phi) is 8.70. The molecule has 0 fully saturated rings. The Morgan fingerprint density at radius 3 is 2.33 bits per heavy atom. The molecule has 0 spiro atoms. The van der Waals surface area contributed by atoms with Crippen molar-refractivity contribution in [2.75, 3.05) is 20.8 Å². The van der Waals surface area contributed by atoms with Crippen LogP contribution >= 0.6 is 11.3 Å². The molecule has 0 bridgehead atoms. The molecule has 1 N–H and O–H groups in total. The van der Waals surface area contributed by atoms with Gasteiger partial charge in [0.05, 0.1) is 46.5 Å². The lowest BCUT2D eigenvalue weighted by Gasteiger charge is -2.27. The van der Waals surface area contributed by atoms with Crippen molar-refractivity contribution in [2.24, 2.45) is 4.99 Å². The molecule has 1 aliphatic heterocycles. The SMILES string of the molecule is CCCC1=C(C(=O)OCC)[C@H](c2cc(OC)ccc2OC)n2c(s/c(=C\c3cc([N+](=O)[O-])c(O)c([N+](=O)[O-])c3)c2=O)=N1. The Morgan fingerprint density at radius 2 is 1.79 bits per heavy atom. The number of fused-ring (bicyclic) bond motifs is 1. The van der Waals surface area contributed by atoms with Crippen LogP contribution in [0.5, 0.6) is 17.2 Å². The van der Waals surface area contributed by atoms with Crippen LogP contribution in [0.2, 0.25) is 0 Å². The lowest BCUT2D eigenvalue weighted by Crippen LogP contribution is -2.40. The molecule has 1 aromatic heterocycles. The van der Waals surface area contributed by atoms with Crippen molar-refractivity contribution in [3.63, 3.8) is 0 Å². The number of phenols is 1. The predicted molar refractivity (Wildman–Crippen MR) is 151 cm³/mol. The number of methoxy groups -OCH3 is 2. The number of thiazole rings is 1. The number of phenolic OH excluding ortho intramolecular Hbond substituents is 1. The fourth-order valence-electron chi connectivity index (χ4n) is 4.61. The minimum atomic E-state index is -1.10. The maximum Gasteiger partial charge on any atom is 0.338 e. The highest BCUT2D eigenvalue weighted by Crippen LogP contribution is 2.39. The molecular formula is C27H26N4O10S. The van der Waals surface area contributed by atoms with E-state index >= 15 is 0 Å². The first kappa shape index (κ1) is 29.9. The van der Waals surface area contributed by atoms with Gasteiger partial charge in [0.15, 0.2) is 4.80 Å². The van der Waals surface area contributed by atoms with Crippen LogP contribution in [0.25, 0.3) is 6.08 Å². The highest BCUT2D eigenvalue weighted by Gasteiger charge is 2.36. The van der Waals surface area contributed by atoms with Gasteiger partial charge < -0.3 is 19.3 Å². The first-order valence-electron chi connectivity index (χ1n) is 12.7. The zero-order valence-electron chi connectivity index (χ0n) is 23.0. The maximum absolute atomic E-state index is 14.0. The zero-order chi connectivity index (χ0) is 30.7. The molecule has 0 aliphatic carbocycles. The average Bonchev–Trinajstić information content (AvgIpc) is 3.26. The molecule has 42 heavy (non-hydrogen) atoms. The zero-order valence-corrected chi connectivity index (χ0v) is 23.8. The molecule has 0 saturated carbocycles. The molecule has 14 nitrogen and oxygen atoms in total. The number of nitrogens with zero attached hydrogens (tertiary/aromatic N) is 4. The number of hydrogen-bond donors (Lipinski definition) is 1. The van der Waals surface area contributed by atoms with Crippen molar-refractivity contribution in [3.8, 4) is 17.2 Å². The van der Waals surface area contributed by atoms with Gasteiger partial charge in [0, 0.05) is 17.7 Å². The van der Waals surface area contributed by atoms with Crippen molar-refractivity contribution in [2.45, 2.75) is 32.7 Å². The summed E-state index contributed by atoms with van der Waals surface area (Å²) in [6.45, 7) is 3.64. The van der Waals surface area contributed by atoms with Crippen LogP contribution in [0, 0.1) is 20.2 Å². The third kappa shape index (κ3) is 5.45. The second-order valence-corrected chi connectivity index (χ2v) is 9.95. The quantitative estimate of drug-likeness (QED) is 0.206. The molecule has 0 radical (unpaired) electrons. The third-order valence-electron chi connectivity index (χ3n) is 6.41. The molecule has 4 rings (SSSR count). The number of nitro groups is 2. The fraction of sp³-hybridized carbons (Fsp3) is 0.296. The minimum Gasteiger partial charge on any atom is -0.497 e. The molecule has 15 heteroatoms. The van der Waals surface area contributed by atoms with Crippen LogP contribution in [0.1, 0.15) is 43.9 Å². The maximum atomic E-state index is 14.0. The normalized spacial score (nSPS) is 14.7. The molecule has 2 aromatic carbocycles. The monoisotopic (exact) mass is 598 g/mol. The van der Waals surface area contributed by atoms with E-state index < -0.39 is 44.5 Å². The summed E-state index contributed by atoms with van der Waals surface area (Å²) in [6.07, 6.45) is 2.24. The standard InChI is InChI=1S/C27H26N4O10S/c1-5-7-17-22(26(34)41-6-2)23(16-13-15(39-3)8-9-20(16)40-4)29-25(33)21(42-27(29)28-17)12-14-10-18(30(35)36)24(32)19(11-14)31(37)38/h8-13,23,32H,5-7H2,1-4H3/b21-12-/t23-/m0/s1. The first-order valence-corrected chi connectivity index (χ1v) is 13.5. The van der Waals surface area contributed by atoms with E-state index in [4.69, 9.17) is 14.2 Å². The number of ether oxygens (including phenoxy) is 3. The van der Waals surface area contributed by atoms with Crippen molar-refractivity contribution < 1.29 is 34.0 Å². The number of hydrogen-bond acceptors (Lipinski definition) is 12. The van der Waals surface area contributed by atoms with E-state index in [0.717, 1.165) is 23.5 Å². The Morgan fingerprint density at radius 1 is 1.12 bits per heavy atom. The molecule has 2 heterocycles. The first-order chi connectivity index (χ1) is 20.1. The van der Waals surface area contributed by atoms with Crippen molar-refractivity contribution >= 4 is 34.8 Å². The lowest BCUT2D eigenvalue weighted by atomic mass is 9.93. The molecule has 0 saturated heterocycles. The van der Waals surface area contributed by atoms with E-state index in [2.05, 4.69) is 4.99 Å². The average molecular weight is 599 g/mol. The van der Waals surface area contributed by atoms with Crippen molar-refractivity contribution in [1.82, 2.24) is 4.57 Å². The second-order valence-electron chi connectivity index (χ2n) is 8.94. The number of esters is 1. The summed E-state index contributed by atoms with van der Waals surface area (Å²) in [5.41, 5.74) is -1.49. The highest BCUT2D eigenvalue weighted by molar-refractivity contribution is 7.07. The summed E-state index contributed by atoms with van der Waals surface area (Å²) in [7, 11) is 2.91. The Balaban J connectivity index is 2.08. The summed E-state index contributed by atoms with van der Waals surface area (Å²) in [4.78, 5) is 53.2. The number of carbonyl (C=O) groups excluding carboxylic acids is 1. The van der Waals surface area contributed by atoms with Gasteiger partial charge >= 0.3 is 17.3 Å². The van der Waals surface area contributed by atoms with Crippen LogP contribution in [-0.4, -0.2) is 46.3 Å². The molecule has 1 atom stereocenters. The van der Waals surface area contributed by atoms with Crippen molar-refractivity contribution in [3.05, 3.63) is 92.6 Å². The van der Waals surface area contributed by atoms with Crippen LogP contribution in [0.15, 0.2) is 51.4 Å².